The SMILES string of the molecule is CCCCOCC(C)(NC(C)C)C(=O)O. The lowest BCUT2D eigenvalue weighted by molar-refractivity contribution is -0.147. The van der Waals surface area contributed by atoms with Crippen molar-refractivity contribution in [2.75, 3.05) is 13.2 Å². The first-order chi connectivity index (χ1) is 6.92. The predicted octanol–water partition coefficient (Wildman–Crippen LogP) is 1.64. The first-order valence-corrected chi connectivity index (χ1v) is 5.51. The largest absolute Gasteiger partial charge is 0.480 e. The van der Waals surface area contributed by atoms with Gasteiger partial charge < -0.3 is 9.84 Å². The molecule has 1 unspecified atom stereocenters. The van der Waals surface area contributed by atoms with E-state index in [9.17, 15) is 4.79 Å². The maximum atomic E-state index is 11.1. The molecule has 0 aliphatic carbocycles. The summed E-state index contributed by atoms with van der Waals surface area (Å²) in [7, 11) is 0. The summed E-state index contributed by atoms with van der Waals surface area (Å²) in [6.07, 6.45) is 2.03. The van der Waals surface area contributed by atoms with Crippen molar-refractivity contribution in [1.29, 1.82) is 0 Å². The summed E-state index contributed by atoms with van der Waals surface area (Å²) in [4.78, 5) is 11.1. The van der Waals surface area contributed by atoms with Crippen molar-refractivity contribution in [1.82, 2.24) is 5.32 Å². The molecule has 1 atom stereocenters. The van der Waals surface area contributed by atoms with E-state index in [1.165, 1.54) is 0 Å². The Morgan fingerprint density at radius 1 is 1.53 bits per heavy atom. The van der Waals surface area contributed by atoms with E-state index in [4.69, 9.17) is 9.84 Å². The van der Waals surface area contributed by atoms with Crippen molar-refractivity contribution in [3.05, 3.63) is 0 Å². The molecule has 0 bridgehead atoms. The Kier molecular flexibility index (Phi) is 6.52. The molecule has 0 aromatic rings. The summed E-state index contributed by atoms with van der Waals surface area (Å²) < 4.78 is 5.36. The van der Waals surface area contributed by atoms with Crippen molar-refractivity contribution >= 4 is 5.97 Å². The highest BCUT2D eigenvalue weighted by Gasteiger charge is 2.33. The molecule has 4 heteroatoms. The van der Waals surface area contributed by atoms with E-state index in [2.05, 4.69) is 12.2 Å². The number of carboxylic acid groups (broad SMARTS) is 1. The Morgan fingerprint density at radius 2 is 2.13 bits per heavy atom. The van der Waals surface area contributed by atoms with E-state index in [0.29, 0.717) is 6.61 Å². The molecule has 0 amide bonds. The average Bonchev–Trinajstić information content (AvgIpc) is 2.11. The third-order valence-corrected chi connectivity index (χ3v) is 2.11. The smallest absolute Gasteiger partial charge is 0.326 e. The number of unbranched alkanes of at least 4 members (excludes halogenated alkanes) is 1. The number of rotatable bonds is 8. The molecule has 0 saturated heterocycles. The van der Waals surface area contributed by atoms with E-state index >= 15 is 0 Å². The van der Waals surface area contributed by atoms with Crippen LogP contribution in [-0.4, -0.2) is 35.9 Å². The Hall–Kier alpha value is -0.610. The summed E-state index contributed by atoms with van der Waals surface area (Å²) in [5.41, 5.74) is -0.984. The second-order valence-electron chi connectivity index (χ2n) is 4.34. The molecule has 0 heterocycles. The van der Waals surface area contributed by atoms with Crippen LogP contribution in [0.25, 0.3) is 0 Å². The van der Waals surface area contributed by atoms with Gasteiger partial charge in [0, 0.05) is 12.6 Å². The van der Waals surface area contributed by atoms with Crippen molar-refractivity contribution < 1.29 is 14.6 Å². The van der Waals surface area contributed by atoms with Gasteiger partial charge in [-0.15, -0.1) is 0 Å². The van der Waals surface area contributed by atoms with E-state index in [1.54, 1.807) is 6.92 Å². The third-order valence-electron chi connectivity index (χ3n) is 2.11. The summed E-state index contributed by atoms with van der Waals surface area (Å²) in [5, 5.41) is 12.1. The predicted molar refractivity (Wildman–Crippen MR) is 60.0 cm³/mol. The number of aliphatic carboxylic acids is 1. The van der Waals surface area contributed by atoms with E-state index in [-0.39, 0.29) is 12.6 Å². The van der Waals surface area contributed by atoms with Crippen molar-refractivity contribution in [2.45, 2.75) is 52.1 Å². The van der Waals surface area contributed by atoms with E-state index in [1.807, 2.05) is 13.8 Å². The Balaban J connectivity index is 4.08. The van der Waals surface area contributed by atoms with Crippen LogP contribution in [0.1, 0.15) is 40.5 Å². The van der Waals surface area contributed by atoms with Crippen molar-refractivity contribution in [3.63, 3.8) is 0 Å². The minimum atomic E-state index is -0.984. The van der Waals surface area contributed by atoms with E-state index in [0.717, 1.165) is 12.8 Å². The molecule has 0 aromatic heterocycles. The number of carboxylic acids is 1. The molecule has 0 spiro atoms. The van der Waals surface area contributed by atoms with Gasteiger partial charge in [-0.25, -0.2) is 0 Å². The molecule has 0 radical (unpaired) electrons. The van der Waals surface area contributed by atoms with Crippen molar-refractivity contribution in [2.24, 2.45) is 0 Å². The molecule has 0 aromatic carbocycles. The van der Waals surface area contributed by atoms with Crippen LogP contribution in [-0.2, 0) is 9.53 Å². The van der Waals surface area contributed by atoms with Crippen LogP contribution in [0.5, 0.6) is 0 Å². The molecular weight excluding hydrogens is 194 g/mol. The van der Waals surface area contributed by atoms with Gasteiger partial charge in [-0.3, -0.25) is 10.1 Å². The quantitative estimate of drug-likeness (QED) is 0.607. The second-order valence-corrected chi connectivity index (χ2v) is 4.34. The maximum Gasteiger partial charge on any atom is 0.326 e. The zero-order valence-electron chi connectivity index (χ0n) is 10.2. The molecule has 0 aliphatic heterocycles. The second kappa shape index (κ2) is 6.80. The Labute approximate surface area is 92.0 Å². The minimum absolute atomic E-state index is 0.126. The summed E-state index contributed by atoms with van der Waals surface area (Å²) in [6.45, 7) is 8.41. The third kappa shape index (κ3) is 5.74. The monoisotopic (exact) mass is 217 g/mol. The maximum absolute atomic E-state index is 11.1. The molecule has 15 heavy (non-hydrogen) atoms. The molecule has 4 nitrogen and oxygen atoms in total. The molecule has 0 saturated carbocycles. The van der Waals surface area contributed by atoms with Crippen LogP contribution < -0.4 is 5.32 Å². The van der Waals surface area contributed by atoms with Gasteiger partial charge in [-0.05, 0) is 27.2 Å². The lowest BCUT2D eigenvalue weighted by Crippen LogP contribution is -2.55. The Morgan fingerprint density at radius 3 is 2.53 bits per heavy atom. The summed E-state index contributed by atoms with van der Waals surface area (Å²) in [6, 6.07) is 0.126. The van der Waals surface area contributed by atoms with Gasteiger partial charge in [0.15, 0.2) is 0 Å². The number of hydrogen-bond acceptors (Lipinski definition) is 3. The highest BCUT2D eigenvalue weighted by atomic mass is 16.5. The average molecular weight is 217 g/mol. The molecular formula is C11H23NO3. The zero-order chi connectivity index (χ0) is 11.9. The highest BCUT2D eigenvalue weighted by Crippen LogP contribution is 2.07. The first-order valence-electron chi connectivity index (χ1n) is 5.51. The van der Waals surface area contributed by atoms with Gasteiger partial charge in [-0.2, -0.15) is 0 Å². The van der Waals surface area contributed by atoms with Gasteiger partial charge in [0.2, 0.25) is 0 Å². The summed E-state index contributed by atoms with van der Waals surface area (Å²) >= 11 is 0. The van der Waals surface area contributed by atoms with Gasteiger partial charge >= 0.3 is 5.97 Å². The fourth-order valence-electron chi connectivity index (χ4n) is 1.32. The number of nitrogens with one attached hydrogen (secondary N) is 1. The van der Waals surface area contributed by atoms with Crippen LogP contribution in [0.2, 0.25) is 0 Å². The Bertz CT molecular complexity index is 194. The fraction of sp³-hybridized carbons (Fsp3) is 0.909. The molecule has 0 fully saturated rings. The molecule has 0 rings (SSSR count). The normalized spacial score (nSPS) is 15.3. The van der Waals surface area contributed by atoms with Crippen molar-refractivity contribution in [3.8, 4) is 0 Å². The van der Waals surface area contributed by atoms with Crippen LogP contribution in [0.4, 0.5) is 0 Å². The highest BCUT2D eigenvalue weighted by molar-refractivity contribution is 5.78. The van der Waals surface area contributed by atoms with E-state index < -0.39 is 11.5 Å². The van der Waals surface area contributed by atoms with Crippen LogP contribution in [0.15, 0.2) is 0 Å². The summed E-state index contributed by atoms with van der Waals surface area (Å²) in [5.74, 6) is -0.868. The lowest BCUT2D eigenvalue weighted by atomic mass is 10.0. The number of carbonyl (C=O) groups is 1. The zero-order valence-corrected chi connectivity index (χ0v) is 10.2. The van der Waals surface area contributed by atoms with Crippen LogP contribution in [0.3, 0.4) is 0 Å². The fourth-order valence-corrected chi connectivity index (χ4v) is 1.32. The van der Waals surface area contributed by atoms with Crippen LogP contribution >= 0.6 is 0 Å². The molecule has 2 N–H and O–H groups in total. The lowest BCUT2D eigenvalue weighted by Gasteiger charge is -2.28. The van der Waals surface area contributed by atoms with Gasteiger partial charge in [-0.1, -0.05) is 13.3 Å². The van der Waals surface area contributed by atoms with Gasteiger partial charge in [0.25, 0.3) is 0 Å². The number of hydrogen-bond donors (Lipinski definition) is 2. The van der Waals surface area contributed by atoms with Crippen LogP contribution in [0, 0.1) is 0 Å². The standard InChI is InChI=1S/C11H23NO3/c1-5-6-7-15-8-11(4,10(13)14)12-9(2)3/h9,12H,5-8H2,1-4H3,(H,13,14). The number of ether oxygens (including phenoxy) is 1. The first kappa shape index (κ1) is 14.4. The minimum Gasteiger partial charge on any atom is -0.480 e. The van der Waals surface area contributed by atoms with Gasteiger partial charge in [0.1, 0.15) is 5.54 Å². The van der Waals surface area contributed by atoms with Gasteiger partial charge in [0.05, 0.1) is 6.61 Å². The molecule has 0 aliphatic rings. The topological polar surface area (TPSA) is 58.6 Å². The molecule has 90 valence electrons.